The van der Waals surface area contributed by atoms with Gasteiger partial charge in [0.1, 0.15) is 0 Å². The first-order valence-electron chi connectivity index (χ1n) is 9.91. The van der Waals surface area contributed by atoms with E-state index in [4.69, 9.17) is 9.47 Å². The fourth-order valence-corrected chi connectivity index (χ4v) is 3.18. The minimum Gasteiger partial charge on any atom is -0.379 e. The summed E-state index contributed by atoms with van der Waals surface area (Å²) >= 11 is 0. The summed E-state index contributed by atoms with van der Waals surface area (Å²) in [6, 6.07) is 10.3. The predicted octanol–water partition coefficient (Wildman–Crippen LogP) is 3.49. The van der Waals surface area contributed by atoms with Gasteiger partial charge in [-0.15, -0.1) is 24.0 Å². The van der Waals surface area contributed by atoms with Crippen LogP contribution in [0.15, 0.2) is 41.5 Å². The first-order valence-corrected chi connectivity index (χ1v) is 9.91. The molecular formula is C21H31IN4O2. The number of hydrogen-bond acceptors (Lipinski definition) is 4. The number of ether oxygens (including phenoxy) is 2. The van der Waals surface area contributed by atoms with E-state index in [1.807, 2.05) is 24.4 Å². The number of guanidine groups is 1. The number of aliphatic imine (C=N–C) groups is 1. The van der Waals surface area contributed by atoms with Crippen LogP contribution in [-0.4, -0.2) is 50.0 Å². The van der Waals surface area contributed by atoms with E-state index in [2.05, 4.69) is 39.7 Å². The van der Waals surface area contributed by atoms with E-state index in [1.54, 1.807) is 0 Å². The molecular weight excluding hydrogens is 467 g/mol. The molecule has 3 rings (SSSR count). The molecule has 0 spiro atoms. The number of hydrogen-bond donors (Lipinski definition) is 2. The Kier molecular flexibility index (Phi) is 10.5. The molecule has 154 valence electrons. The Balaban J connectivity index is 0.00000280. The van der Waals surface area contributed by atoms with Crippen molar-refractivity contribution >= 4 is 40.7 Å². The van der Waals surface area contributed by atoms with Crippen LogP contribution in [0.1, 0.15) is 31.9 Å². The van der Waals surface area contributed by atoms with Gasteiger partial charge < -0.3 is 20.1 Å². The van der Waals surface area contributed by atoms with Crippen LogP contribution < -0.4 is 10.6 Å². The van der Waals surface area contributed by atoms with Gasteiger partial charge >= 0.3 is 0 Å². The van der Waals surface area contributed by atoms with Gasteiger partial charge in [0, 0.05) is 37.9 Å². The molecule has 1 aliphatic rings. The number of benzene rings is 1. The molecule has 1 aliphatic heterocycles. The third-order valence-electron chi connectivity index (χ3n) is 4.57. The van der Waals surface area contributed by atoms with E-state index in [0.717, 1.165) is 62.6 Å². The number of nitrogens with one attached hydrogen (secondary N) is 2. The first-order chi connectivity index (χ1) is 13.4. The quantitative estimate of drug-likeness (QED) is 0.240. The summed E-state index contributed by atoms with van der Waals surface area (Å²) in [6.07, 6.45) is 5.36. The highest BCUT2D eigenvalue weighted by molar-refractivity contribution is 14.0. The van der Waals surface area contributed by atoms with Crippen molar-refractivity contribution in [1.29, 1.82) is 0 Å². The SMILES string of the molecule is CCNC(=NCc1nccc2ccccc12)NCCCOCC1CCCO1.I. The summed E-state index contributed by atoms with van der Waals surface area (Å²) in [6.45, 7) is 6.58. The fraction of sp³-hybridized carbons (Fsp3) is 0.524. The van der Waals surface area contributed by atoms with Gasteiger partial charge in [-0.25, -0.2) is 4.99 Å². The summed E-state index contributed by atoms with van der Waals surface area (Å²) in [5, 5.41) is 9.00. The van der Waals surface area contributed by atoms with Gasteiger partial charge in [-0.3, -0.25) is 4.98 Å². The van der Waals surface area contributed by atoms with E-state index in [-0.39, 0.29) is 24.0 Å². The Morgan fingerprint density at radius 2 is 2.18 bits per heavy atom. The Hall–Kier alpha value is -1.45. The molecule has 1 aromatic heterocycles. The van der Waals surface area contributed by atoms with Gasteiger partial charge in [-0.2, -0.15) is 0 Å². The van der Waals surface area contributed by atoms with Crippen molar-refractivity contribution in [3.8, 4) is 0 Å². The molecule has 28 heavy (non-hydrogen) atoms. The standard InChI is InChI=1S/C21H30N4O2.HI/c1-2-22-21(24-11-6-13-26-16-18-8-5-14-27-18)25-15-20-19-9-4-3-7-17(19)10-12-23-20;/h3-4,7,9-10,12,18H,2,5-6,8,11,13-16H2,1H3,(H2,22,24,25);1H. The normalized spacial score (nSPS) is 16.8. The Labute approximate surface area is 184 Å². The van der Waals surface area contributed by atoms with Crippen LogP contribution in [-0.2, 0) is 16.0 Å². The van der Waals surface area contributed by atoms with Crippen molar-refractivity contribution in [1.82, 2.24) is 15.6 Å². The minimum absolute atomic E-state index is 0. The predicted molar refractivity (Wildman–Crippen MR) is 124 cm³/mol. The highest BCUT2D eigenvalue weighted by Gasteiger charge is 2.14. The van der Waals surface area contributed by atoms with Gasteiger partial charge in [0.2, 0.25) is 0 Å². The third kappa shape index (κ3) is 7.18. The smallest absolute Gasteiger partial charge is 0.191 e. The zero-order valence-electron chi connectivity index (χ0n) is 16.5. The van der Waals surface area contributed by atoms with Crippen LogP contribution in [0, 0.1) is 0 Å². The highest BCUT2D eigenvalue weighted by atomic mass is 127. The van der Waals surface area contributed by atoms with Crippen molar-refractivity contribution in [2.45, 2.75) is 38.8 Å². The Morgan fingerprint density at radius 3 is 3.00 bits per heavy atom. The lowest BCUT2D eigenvalue weighted by atomic mass is 10.1. The molecule has 0 bridgehead atoms. The molecule has 2 aromatic rings. The second-order valence-electron chi connectivity index (χ2n) is 6.66. The molecule has 1 atom stereocenters. The van der Waals surface area contributed by atoms with Crippen molar-refractivity contribution in [3.63, 3.8) is 0 Å². The summed E-state index contributed by atoms with van der Waals surface area (Å²) in [4.78, 5) is 9.19. The van der Waals surface area contributed by atoms with Gasteiger partial charge in [-0.05, 0) is 37.6 Å². The van der Waals surface area contributed by atoms with Crippen LogP contribution in [0.25, 0.3) is 10.8 Å². The molecule has 2 heterocycles. The second-order valence-corrected chi connectivity index (χ2v) is 6.66. The maximum atomic E-state index is 5.70. The summed E-state index contributed by atoms with van der Waals surface area (Å²) in [5.41, 5.74) is 0.991. The molecule has 1 saturated heterocycles. The number of pyridine rings is 1. The number of halogens is 1. The maximum Gasteiger partial charge on any atom is 0.191 e. The molecule has 0 aliphatic carbocycles. The van der Waals surface area contributed by atoms with Gasteiger partial charge in [0.25, 0.3) is 0 Å². The van der Waals surface area contributed by atoms with Crippen molar-refractivity contribution in [3.05, 3.63) is 42.2 Å². The third-order valence-corrected chi connectivity index (χ3v) is 4.57. The van der Waals surface area contributed by atoms with Crippen LogP contribution >= 0.6 is 24.0 Å². The lowest BCUT2D eigenvalue weighted by Gasteiger charge is -2.13. The van der Waals surface area contributed by atoms with Crippen LogP contribution in [0.4, 0.5) is 0 Å². The second kappa shape index (κ2) is 12.9. The fourth-order valence-electron chi connectivity index (χ4n) is 3.18. The number of nitrogens with zero attached hydrogens (tertiary/aromatic N) is 2. The van der Waals surface area contributed by atoms with Crippen molar-refractivity contribution in [2.24, 2.45) is 4.99 Å². The molecule has 7 heteroatoms. The zero-order chi connectivity index (χ0) is 18.7. The van der Waals surface area contributed by atoms with Gasteiger partial charge in [0.15, 0.2) is 5.96 Å². The molecule has 0 amide bonds. The lowest BCUT2D eigenvalue weighted by Crippen LogP contribution is -2.38. The van der Waals surface area contributed by atoms with Crippen LogP contribution in [0.3, 0.4) is 0 Å². The largest absolute Gasteiger partial charge is 0.379 e. The first kappa shape index (κ1) is 22.8. The molecule has 1 aromatic carbocycles. The highest BCUT2D eigenvalue weighted by Crippen LogP contribution is 2.16. The summed E-state index contributed by atoms with van der Waals surface area (Å²) in [7, 11) is 0. The Bertz CT molecular complexity index is 730. The monoisotopic (exact) mass is 498 g/mol. The molecule has 6 nitrogen and oxygen atoms in total. The molecule has 2 N–H and O–H groups in total. The van der Waals surface area contributed by atoms with Crippen molar-refractivity contribution < 1.29 is 9.47 Å². The minimum atomic E-state index is 0. The number of rotatable bonds is 9. The average molecular weight is 498 g/mol. The number of fused-ring (bicyclic) bond motifs is 1. The molecule has 1 fully saturated rings. The molecule has 1 unspecified atom stereocenters. The van der Waals surface area contributed by atoms with E-state index < -0.39 is 0 Å². The topological polar surface area (TPSA) is 67.8 Å². The summed E-state index contributed by atoms with van der Waals surface area (Å²) in [5.74, 6) is 0.811. The van der Waals surface area contributed by atoms with Gasteiger partial charge in [-0.1, -0.05) is 24.3 Å². The van der Waals surface area contributed by atoms with Crippen LogP contribution in [0.5, 0.6) is 0 Å². The Morgan fingerprint density at radius 1 is 1.29 bits per heavy atom. The zero-order valence-corrected chi connectivity index (χ0v) is 18.9. The van der Waals surface area contributed by atoms with E-state index in [9.17, 15) is 0 Å². The van der Waals surface area contributed by atoms with E-state index in [1.165, 1.54) is 5.39 Å². The van der Waals surface area contributed by atoms with E-state index >= 15 is 0 Å². The van der Waals surface area contributed by atoms with Crippen LogP contribution in [0.2, 0.25) is 0 Å². The van der Waals surface area contributed by atoms with Gasteiger partial charge in [0.05, 0.1) is 24.9 Å². The van der Waals surface area contributed by atoms with E-state index in [0.29, 0.717) is 19.3 Å². The summed E-state index contributed by atoms with van der Waals surface area (Å²) < 4.78 is 11.3. The number of aromatic nitrogens is 1. The van der Waals surface area contributed by atoms with Crippen molar-refractivity contribution in [2.75, 3.05) is 32.9 Å². The average Bonchev–Trinajstić information content (AvgIpc) is 3.22. The molecule has 0 saturated carbocycles. The maximum absolute atomic E-state index is 5.70. The lowest BCUT2D eigenvalue weighted by molar-refractivity contribution is 0.0168. The molecule has 0 radical (unpaired) electrons.